The average Bonchev–Trinajstić information content (AvgIpc) is 3.35. The number of sulfone groups is 1. The molecule has 0 atom stereocenters. The number of hydrogen-bond donors (Lipinski definition) is 2. The fourth-order valence-corrected chi connectivity index (χ4v) is 5.30. The van der Waals surface area contributed by atoms with Crippen LogP contribution >= 0.6 is 0 Å². The summed E-state index contributed by atoms with van der Waals surface area (Å²) in [5, 5.41) is 3.18. The second-order valence-electron chi connectivity index (χ2n) is 10.0. The summed E-state index contributed by atoms with van der Waals surface area (Å²) in [6, 6.07) is 16.9. The van der Waals surface area contributed by atoms with Crippen molar-refractivity contribution in [1.82, 2.24) is 9.55 Å². The zero-order chi connectivity index (χ0) is 29.6. The maximum Gasteiger partial charge on any atom is 0.274 e. The number of aromatic nitrogens is 2. The predicted molar refractivity (Wildman–Crippen MR) is 156 cm³/mol. The number of pyridine rings is 1. The van der Waals surface area contributed by atoms with Crippen molar-refractivity contribution in [2.45, 2.75) is 25.7 Å². The van der Waals surface area contributed by atoms with E-state index in [1.807, 2.05) is 13.0 Å². The molecule has 1 radical (unpaired) electrons. The van der Waals surface area contributed by atoms with Crippen LogP contribution in [0.3, 0.4) is 0 Å². The number of nitrogens with one attached hydrogen (secondary N) is 2. The van der Waals surface area contributed by atoms with E-state index in [2.05, 4.69) is 16.4 Å². The van der Waals surface area contributed by atoms with Gasteiger partial charge < -0.3 is 19.6 Å². The SMILES string of the molecule is Cc1[c-]cc(NC(=O)c2cc3c(-c4cc(S(C)(=O)=O)ccc4Oc4c(C)cc(F)cc4C)cn(C)c(=O)c3[nH]2)cc1.[Re]. The van der Waals surface area contributed by atoms with E-state index in [0.29, 0.717) is 39.1 Å². The third kappa shape index (κ3) is 6.09. The van der Waals surface area contributed by atoms with Crippen LogP contribution in [0.15, 0.2) is 70.5 Å². The van der Waals surface area contributed by atoms with Crippen molar-refractivity contribution < 1.29 is 42.8 Å². The Morgan fingerprint density at radius 1 is 1.02 bits per heavy atom. The first kappa shape index (κ1) is 30.9. The Balaban J connectivity index is 0.00000405. The number of fused-ring (bicyclic) bond motifs is 1. The summed E-state index contributed by atoms with van der Waals surface area (Å²) in [4.78, 5) is 29.2. The van der Waals surface area contributed by atoms with Crippen LogP contribution in [0.25, 0.3) is 22.0 Å². The monoisotopic (exact) mass is 759 g/mol. The number of halogens is 1. The number of ether oxygens (including phenoxy) is 1. The van der Waals surface area contributed by atoms with Crippen molar-refractivity contribution >= 4 is 32.3 Å². The molecule has 8 nitrogen and oxygen atoms in total. The zero-order valence-electron chi connectivity index (χ0n) is 23.4. The van der Waals surface area contributed by atoms with Gasteiger partial charge in [0.1, 0.15) is 28.5 Å². The Labute approximate surface area is 256 Å². The van der Waals surface area contributed by atoms with Crippen molar-refractivity contribution in [3.63, 3.8) is 0 Å². The molecule has 1 amide bonds. The number of carbonyl (C=O) groups excluding carboxylic acids is 1. The molecule has 11 heteroatoms. The number of rotatable bonds is 6. The van der Waals surface area contributed by atoms with Crippen LogP contribution in [-0.4, -0.2) is 30.1 Å². The van der Waals surface area contributed by atoms with Gasteiger partial charge in [0.2, 0.25) is 0 Å². The maximum absolute atomic E-state index is 14.0. The first-order valence-corrected chi connectivity index (χ1v) is 14.5. The van der Waals surface area contributed by atoms with Crippen LogP contribution in [0.1, 0.15) is 27.2 Å². The molecule has 2 aromatic heterocycles. The fraction of sp³-hybridized carbons (Fsp3) is 0.161. The van der Waals surface area contributed by atoms with E-state index in [1.54, 1.807) is 45.3 Å². The Morgan fingerprint density at radius 2 is 1.71 bits per heavy atom. The third-order valence-corrected chi connectivity index (χ3v) is 7.85. The van der Waals surface area contributed by atoms with Crippen molar-refractivity contribution in [3.05, 3.63) is 105 Å². The molecule has 0 aliphatic carbocycles. The molecule has 0 saturated carbocycles. The van der Waals surface area contributed by atoms with Crippen LogP contribution in [0.5, 0.6) is 11.5 Å². The zero-order valence-corrected chi connectivity index (χ0v) is 27.0. The number of H-pyrrole nitrogens is 1. The minimum atomic E-state index is -3.61. The number of aryl methyl sites for hydroxylation is 4. The Bertz CT molecular complexity index is 1990. The minimum Gasteiger partial charge on any atom is -0.456 e. The average molecular weight is 759 g/mol. The van der Waals surface area contributed by atoms with E-state index < -0.39 is 21.6 Å². The summed E-state index contributed by atoms with van der Waals surface area (Å²) < 4.78 is 46.6. The van der Waals surface area contributed by atoms with Crippen LogP contribution < -0.4 is 15.6 Å². The largest absolute Gasteiger partial charge is 0.456 e. The van der Waals surface area contributed by atoms with Gasteiger partial charge in [-0.2, -0.15) is 23.8 Å². The molecule has 5 aromatic rings. The Kier molecular flexibility index (Phi) is 8.60. The van der Waals surface area contributed by atoms with Crippen molar-refractivity contribution in [3.8, 4) is 22.6 Å². The van der Waals surface area contributed by atoms with E-state index in [-0.39, 0.29) is 47.8 Å². The fourth-order valence-electron chi connectivity index (χ4n) is 4.66. The summed E-state index contributed by atoms with van der Waals surface area (Å²) in [5.74, 6) is -0.158. The van der Waals surface area contributed by atoms with Crippen molar-refractivity contribution in [2.75, 3.05) is 11.6 Å². The maximum atomic E-state index is 14.0. The summed E-state index contributed by atoms with van der Waals surface area (Å²) >= 11 is 0. The first-order chi connectivity index (χ1) is 19.3. The predicted octanol–water partition coefficient (Wildman–Crippen LogP) is 5.84. The van der Waals surface area contributed by atoms with Crippen molar-refractivity contribution in [1.29, 1.82) is 0 Å². The molecule has 5 rings (SSSR count). The minimum absolute atomic E-state index is 0. The summed E-state index contributed by atoms with van der Waals surface area (Å²) in [5.41, 5.74) is 3.32. The number of anilines is 1. The molecule has 2 N–H and O–H groups in total. The van der Waals surface area contributed by atoms with E-state index in [4.69, 9.17) is 4.74 Å². The van der Waals surface area contributed by atoms with E-state index in [0.717, 1.165) is 11.8 Å². The first-order valence-electron chi connectivity index (χ1n) is 12.6. The molecular weight excluding hydrogens is 732 g/mol. The number of aromatic amines is 1. The van der Waals surface area contributed by atoms with Gasteiger partial charge in [0.25, 0.3) is 11.5 Å². The Hall–Kier alpha value is -4.04. The van der Waals surface area contributed by atoms with E-state index in [1.165, 1.54) is 34.9 Å². The normalized spacial score (nSPS) is 11.3. The summed E-state index contributed by atoms with van der Waals surface area (Å²) in [6.07, 6.45) is 2.66. The van der Waals surface area contributed by atoms with Gasteiger partial charge in [-0.25, -0.2) is 12.8 Å². The standard InChI is InChI=1S/C31H27FN3O5S.Re/c1-17-6-8-21(9-7-17)33-30(36)26-15-24-25(16-35(4)31(37)28(24)34-26)23-14-22(41(5,38)39)10-11-27(23)40-29-18(2)12-20(32)13-19(29)3;/h6,8-16,34H,1-5H3,(H,33,36);/q-1;. The molecule has 2 heterocycles. The van der Waals surface area contributed by atoms with Gasteiger partial charge in [-0.1, -0.05) is 12.6 Å². The topological polar surface area (TPSA) is 110 Å². The van der Waals surface area contributed by atoms with Crippen LogP contribution in [0.2, 0.25) is 0 Å². The van der Waals surface area contributed by atoms with E-state index >= 15 is 0 Å². The molecule has 0 aliphatic heterocycles. The molecule has 0 aliphatic rings. The molecule has 0 saturated heterocycles. The van der Waals surface area contributed by atoms with Gasteiger partial charge >= 0.3 is 0 Å². The smallest absolute Gasteiger partial charge is 0.274 e. The number of amides is 1. The molecule has 42 heavy (non-hydrogen) atoms. The second kappa shape index (κ2) is 11.7. The van der Waals surface area contributed by atoms with Gasteiger partial charge in [0.15, 0.2) is 9.84 Å². The molecule has 217 valence electrons. The van der Waals surface area contributed by atoms with Gasteiger partial charge in [0, 0.05) is 56.4 Å². The van der Waals surface area contributed by atoms with Gasteiger partial charge in [-0.05, 0) is 61.4 Å². The quantitative estimate of drug-likeness (QED) is 0.212. The number of carbonyl (C=O) groups is 1. The van der Waals surface area contributed by atoms with Crippen LogP contribution in [-0.2, 0) is 37.3 Å². The van der Waals surface area contributed by atoms with Crippen LogP contribution in [0, 0.1) is 32.7 Å². The van der Waals surface area contributed by atoms with Gasteiger partial charge in [-0.3, -0.25) is 9.59 Å². The van der Waals surface area contributed by atoms with Gasteiger partial charge in [0.05, 0.1) is 4.90 Å². The summed E-state index contributed by atoms with van der Waals surface area (Å²) in [7, 11) is -2.05. The van der Waals surface area contributed by atoms with E-state index in [9.17, 15) is 22.4 Å². The molecule has 0 fully saturated rings. The second-order valence-corrected chi connectivity index (χ2v) is 12.1. The van der Waals surface area contributed by atoms with Crippen LogP contribution in [0.4, 0.5) is 10.1 Å². The summed E-state index contributed by atoms with van der Waals surface area (Å²) in [6.45, 7) is 5.31. The number of hydrogen-bond acceptors (Lipinski definition) is 5. The number of nitrogens with zero attached hydrogens (tertiary/aromatic N) is 1. The van der Waals surface area contributed by atoms with Gasteiger partial charge in [-0.15, -0.1) is 6.07 Å². The number of benzene rings is 3. The van der Waals surface area contributed by atoms with Crippen molar-refractivity contribution in [2.24, 2.45) is 7.05 Å². The molecule has 3 aromatic carbocycles. The molecule has 0 unspecified atom stereocenters. The third-order valence-electron chi connectivity index (χ3n) is 6.74. The molecule has 0 spiro atoms. The molecular formula is C31H27FN3O5ReS-. The Morgan fingerprint density at radius 3 is 2.33 bits per heavy atom. The molecule has 0 bridgehead atoms.